The first-order valence-electron chi connectivity index (χ1n) is 10.3. The molecule has 0 aliphatic rings. The second-order valence-electron chi connectivity index (χ2n) is 7.75. The number of rotatable bonds is 5. The van der Waals surface area contributed by atoms with Gasteiger partial charge in [0.1, 0.15) is 17.2 Å². The molecule has 0 fully saturated rings. The van der Waals surface area contributed by atoms with Crippen LogP contribution in [-0.4, -0.2) is 9.55 Å². The number of pyridine rings is 1. The zero-order valence-electron chi connectivity index (χ0n) is 17.0. The molecule has 0 radical (unpaired) electrons. The molecule has 5 rings (SSSR count). The molecule has 0 aliphatic heterocycles. The molecule has 3 heterocycles. The molecule has 2 aromatic carbocycles. The molecule has 0 amide bonds. The predicted molar refractivity (Wildman–Crippen MR) is 117 cm³/mol. The number of hydrogen-bond acceptors (Lipinski definition) is 3. The molecular weight excluding hydrogens is 398 g/mol. The topological polar surface area (TPSA) is 48.0 Å². The highest BCUT2D eigenvalue weighted by Gasteiger charge is 2.20. The molecular formula is C25H20F2N2O2. The van der Waals surface area contributed by atoms with E-state index in [0.29, 0.717) is 10.9 Å². The Kier molecular flexibility index (Phi) is 4.77. The minimum atomic E-state index is -0.552. The van der Waals surface area contributed by atoms with Crippen molar-refractivity contribution in [3.63, 3.8) is 0 Å². The molecule has 0 unspecified atom stereocenters. The maximum atomic E-state index is 14.4. The van der Waals surface area contributed by atoms with E-state index in [9.17, 15) is 13.6 Å². The Hall–Kier alpha value is -3.54. The van der Waals surface area contributed by atoms with E-state index in [-0.39, 0.29) is 17.8 Å². The first-order chi connectivity index (χ1) is 15.1. The Bertz CT molecular complexity index is 1500. The van der Waals surface area contributed by atoms with Crippen LogP contribution in [0.15, 0.2) is 63.9 Å². The lowest BCUT2D eigenvalue weighted by atomic mass is 10.0. The summed E-state index contributed by atoms with van der Waals surface area (Å²) in [5, 5.41) is 2.32. The molecule has 0 atom stereocenters. The van der Waals surface area contributed by atoms with Gasteiger partial charge in [-0.2, -0.15) is 0 Å². The summed E-state index contributed by atoms with van der Waals surface area (Å²) in [6, 6.07) is 13.0. The lowest BCUT2D eigenvalue weighted by Gasteiger charge is -2.09. The fourth-order valence-electron chi connectivity index (χ4n) is 4.22. The van der Waals surface area contributed by atoms with Gasteiger partial charge in [-0.05, 0) is 60.9 Å². The third kappa shape index (κ3) is 3.28. The number of halogens is 2. The minimum absolute atomic E-state index is 0.00836. The van der Waals surface area contributed by atoms with Gasteiger partial charge < -0.3 is 8.98 Å². The van der Waals surface area contributed by atoms with Crippen LogP contribution in [0.25, 0.3) is 32.9 Å². The van der Waals surface area contributed by atoms with Crippen LogP contribution >= 0.6 is 0 Å². The van der Waals surface area contributed by atoms with E-state index in [4.69, 9.17) is 4.42 Å². The van der Waals surface area contributed by atoms with Gasteiger partial charge in [0.05, 0.1) is 6.54 Å². The smallest absolute Gasteiger partial charge is 0.362 e. The molecule has 156 valence electrons. The van der Waals surface area contributed by atoms with Crippen LogP contribution in [0, 0.1) is 11.6 Å². The van der Waals surface area contributed by atoms with Crippen molar-refractivity contribution in [1.29, 1.82) is 0 Å². The summed E-state index contributed by atoms with van der Waals surface area (Å²) in [7, 11) is 0. The lowest BCUT2D eigenvalue weighted by molar-refractivity contribution is 0.551. The van der Waals surface area contributed by atoms with Crippen LogP contribution in [-0.2, 0) is 13.0 Å². The third-order valence-electron chi connectivity index (χ3n) is 5.71. The second kappa shape index (κ2) is 7.61. The molecule has 5 aromatic rings. The monoisotopic (exact) mass is 418 g/mol. The van der Waals surface area contributed by atoms with Crippen molar-refractivity contribution in [2.24, 2.45) is 0 Å². The standard InChI is InChI=1S/C25H20F2N2O2/c1-2-3-5-15-7-10-21-19(12-15)22-18-6-4-11-28-24(18)31-25(30)23(22)29(21)14-16-13-17(26)8-9-20(16)27/h4,6-13H,2-3,5,14H2,1H3. The van der Waals surface area contributed by atoms with Crippen LogP contribution in [0.3, 0.4) is 0 Å². The summed E-state index contributed by atoms with van der Waals surface area (Å²) in [5.74, 6) is -1.05. The summed E-state index contributed by atoms with van der Waals surface area (Å²) in [4.78, 5) is 17.2. The summed E-state index contributed by atoms with van der Waals surface area (Å²) >= 11 is 0. The van der Waals surface area contributed by atoms with E-state index in [1.807, 2.05) is 18.2 Å². The van der Waals surface area contributed by atoms with Gasteiger partial charge in [-0.15, -0.1) is 0 Å². The Balaban J connectivity index is 1.86. The molecule has 4 nitrogen and oxygen atoms in total. The van der Waals surface area contributed by atoms with Crippen LogP contribution in [0.4, 0.5) is 8.78 Å². The van der Waals surface area contributed by atoms with E-state index in [2.05, 4.69) is 18.0 Å². The molecule has 0 saturated heterocycles. The maximum Gasteiger partial charge on any atom is 0.362 e. The molecule has 0 bridgehead atoms. The van der Waals surface area contributed by atoms with Gasteiger partial charge in [0.15, 0.2) is 0 Å². The quantitative estimate of drug-likeness (QED) is 0.354. The van der Waals surface area contributed by atoms with Crippen LogP contribution in [0.1, 0.15) is 30.9 Å². The number of aryl methyl sites for hydroxylation is 1. The summed E-state index contributed by atoms with van der Waals surface area (Å²) in [5.41, 5.74) is 2.13. The van der Waals surface area contributed by atoms with E-state index < -0.39 is 17.3 Å². The summed E-state index contributed by atoms with van der Waals surface area (Å²) in [6.07, 6.45) is 4.64. The van der Waals surface area contributed by atoms with E-state index in [0.717, 1.165) is 59.3 Å². The fraction of sp³-hybridized carbons (Fsp3) is 0.200. The second-order valence-corrected chi connectivity index (χ2v) is 7.75. The first kappa shape index (κ1) is 19.4. The van der Waals surface area contributed by atoms with Crippen molar-refractivity contribution in [2.75, 3.05) is 0 Å². The number of benzene rings is 2. The highest BCUT2D eigenvalue weighted by atomic mass is 19.1. The van der Waals surface area contributed by atoms with Gasteiger partial charge in [0.25, 0.3) is 0 Å². The fourth-order valence-corrected chi connectivity index (χ4v) is 4.22. The third-order valence-corrected chi connectivity index (χ3v) is 5.71. The SMILES string of the molecule is CCCCc1ccc2c(c1)c1c3cccnc3oc(=O)c1n2Cc1cc(F)ccc1F. The normalized spacial score (nSPS) is 11.7. The molecule has 0 aliphatic carbocycles. The predicted octanol–water partition coefficient (Wildman–Crippen LogP) is 5.97. The molecule has 0 N–H and O–H groups in total. The minimum Gasteiger partial charge on any atom is -0.402 e. The number of nitrogens with zero attached hydrogens (tertiary/aromatic N) is 2. The van der Waals surface area contributed by atoms with E-state index >= 15 is 0 Å². The molecule has 0 saturated carbocycles. The van der Waals surface area contributed by atoms with E-state index in [1.54, 1.807) is 16.8 Å². The number of aromatic nitrogens is 2. The van der Waals surface area contributed by atoms with Crippen molar-refractivity contribution < 1.29 is 13.2 Å². The Labute approximate surface area is 176 Å². The molecule has 3 aromatic heterocycles. The highest BCUT2D eigenvalue weighted by Crippen LogP contribution is 2.34. The highest BCUT2D eigenvalue weighted by molar-refractivity contribution is 6.18. The molecule has 6 heteroatoms. The van der Waals surface area contributed by atoms with Gasteiger partial charge in [-0.25, -0.2) is 18.6 Å². The van der Waals surface area contributed by atoms with Crippen LogP contribution in [0.2, 0.25) is 0 Å². The summed E-state index contributed by atoms with van der Waals surface area (Å²) < 4.78 is 35.4. The van der Waals surface area contributed by atoms with Crippen molar-refractivity contribution >= 4 is 32.9 Å². The van der Waals surface area contributed by atoms with Gasteiger partial charge in [-0.3, -0.25) is 0 Å². The van der Waals surface area contributed by atoms with Crippen LogP contribution < -0.4 is 5.63 Å². The molecule has 31 heavy (non-hydrogen) atoms. The first-order valence-corrected chi connectivity index (χ1v) is 10.3. The van der Waals surface area contributed by atoms with Crippen LogP contribution in [0.5, 0.6) is 0 Å². The largest absolute Gasteiger partial charge is 0.402 e. The summed E-state index contributed by atoms with van der Waals surface area (Å²) in [6.45, 7) is 2.15. The van der Waals surface area contributed by atoms with Crippen molar-refractivity contribution in [3.8, 4) is 0 Å². The number of fused-ring (bicyclic) bond motifs is 5. The zero-order chi connectivity index (χ0) is 21.5. The lowest BCUT2D eigenvalue weighted by Crippen LogP contribution is -2.09. The van der Waals surface area contributed by atoms with Crippen molar-refractivity contribution in [1.82, 2.24) is 9.55 Å². The number of unbranched alkanes of at least 4 members (excludes halogenated alkanes) is 1. The van der Waals surface area contributed by atoms with Crippen molar-refractivity contribution in [2.45, 2.75) is 32.7 Å². The van der Waals surface area contributed by atoms with E-state index in [1.165, 1.54) is 0 Å². The maximum absolute atomic E-state index is 14.4. The zero-order valence-corrected chi connectivity index (χ0v) is 17.0. The Morgan fingerprint density at radius 2 is 1.94 bits per heavy atom. The Morgan fingerprint density at radius 1 is 1.06 bits per heavy atom. The average Bonchev–Trinajstić information content (AvgIpc) is 3.09. The average molecular weight is 418 g/mol. The molecule has 0 spiro atoms. The Morgan fingerprint density at radius 3 is 2.77 bits per heavy atom. The van der Waals surface area contributed by atoms with Crippen molar-refractivity contribution in [3.05, 3.63) is 87.9 Å². The van der Waals surface area contributed by atoms with Gasteiger partial charge in [0, 0.05) is 33.4 Å². The van der Waals surface area contributed by atoms with Gasteiger partial charge in [0.2, 0.25) is 5.71 Å². The number of hydrogen-bond donors (Lipinski definition) is 0. The van der Waals surface area contributed by atoms with Gasteiger partial charge >= 0.3 is 5.63 Å². The van der Waals surface area contributed by atoms with Gasteiger partial charge in [-0.1, -0.05) is 19.4 Å².